The van der Waals surface area contributed by atoms with Gasteiger partial charge in [-0.3, -0.25) is 0 Å². The SMILES string of the molecule is CC(C)(C)c1cc(/C=N/N=C(N)C(N)=N/N=C/c2cc(C(C)(C)C)c(O)c(C(C)(C)C)c2)cc(C(C)(C)C)c1O. The molecule has 0 saturated carbocycles. The van der Waals surface area contributed by atoms with Crippen molar-refractivity contribution in [2.24, 2.45) is 31.9 Å². The number of aromatic hydroxyl groups is 2. The second kappa shape index (κ2) is 11.4. The molecule has 0 aromatic heterocycles. The van der Waals surface area contributed by atoms with Crippen LogP contribution in [0, 0.1) is 0 Å². The molecule has 0 aliphatic rings. The Kier molecular flexibility index (Phi) is 9.30. The standard InChI is InChI=1S/C32H48N6O2/c1-29(2,3)21-13-19(14-22(25(21)39)30(4,5)6)17-35-37-27(33)28(34)38-36-18-20-15-23(31(7,8)9)26(40)24(16-20)32(10,11)12/h13-18,39-40H,1-12H3,(H2,33,37)(H2,34,38)/b35-17+,36-18+. The molecule has 40 heavy (non-hydrogen) atoms. The van der Waals surface area contributed by atoms with Gasteiger partial charge in [-0.1, -0.05) is 83.1 Å². The third-order valence-corrected chi connectivity index (χ3v) is 6.50. The van der Waals surface area contributed by atoms with Crippen LogP contribution in [0.3, 0.4) is 0 Å². The Morgan fingerprint density at radius 3 is 0.950 bits per heavy atom. The van der Waals surface area contributed by atoms with Gasteiger partial charge in [-0.2, -0.15) is 10.2 Å². The Morgan fingerprint density at radius 2 is 0.750 bits per heavy atom. The van der Waals surface area contributed by atoms with Gasteiger partial charge in [0.25, 0.3) is 0 Å². The van der Waals surface area contributed by atoms with Crippen molar-refractivity contribution in [3.63, 3.8) is 0 Å². The van der Waals surface area contributed by atoms with E-state index in [1.54, 1.807) is 12.4 Å². The zero-order valence-electron chi connectivity index (χ0n) is 26.3. The molecule has 6 N–H and O–H groups in total. The second-order valence-electron chi connectivity index (χ2n) is 14.4. The molecular weight excluding hydrogens is 500 g/mol. The Hall–Kier alpha value is -3.68. The lowest BCUT2D eigenvalue weighted by Gasteiger charge is -2.27. The van der Waals surface area contributed by atoms with Crippen LogP contribution in [0.4, 0.5) is 0 Å². The fraction of sp³-hybridized carbons (Fsp3) is 0.500. The first-order valence-electron chi connectivity index (χ1n) is 13.5. The van der Waals surface area contributed by atoms with Crippen LogP contribution in [-0.4, -0.2) is 34.3 Å². The normalized spacial score (nSPS) is 14.5. The van der Waals surface area contributed by atoms with E-state index in [9.17, 15) is 10.2 Å². The molecule has 0 atom stereocenters. The van der Waals surface area contributed by atoms with E-state index in [1.807, 2.05) is 24.3 Å². The monoisotopic (exact) mass is 548 g/mol. The van der Waals surface area contributed by atoms with Crippen LogP contribution in [-0.2, 0) is 21.7 Å². The fourth-order valence-electron chi connectivity index (χ4n) is 4.17. The van der Waals surface area contributed by atoms with E-state index in [2.05, 4.69) is 103 Å². The van der Waals surface area contributed by atoms with Crippen molar-refractivity contribution in [2.75, 3.05) is 0 Å². The summed E-state index contributed by atoms with van der Waals surface area (Å²) in [5, 5.41) is 38.0. The zero-order valence-corrected chi connectivity index (χ0v) is 26.3. The molecule has 2 aromatic rings. The zero-order chi connectivity index (χ0) is 30.8. The molecule has 0 amide bonds. The predicted molar refractivity (Wildman–Crippen MR) is 169 cm³/mol. The minimum Gasteiger partial charge on any atom is -0.507 e. The van der Waals surface area contributed by atoms with Crippen LogP contribution in [0.2, 0.25) is 0 Å². The minimum atomic E-state index is -0.260. The smallest absolute Gasteiger partial charge is 0.190 e. The van der Waals surface area contributed by atoms with Crippen LogP contribution < -0.4 is 11.5 Å². The molecule has 0 heterocycles. The molecule has 8 nitrogen and oxygen atoms in total. The highest BCUT2D eigenvalue weighted by Crippen LogP contribution is 2.40. The van der Waals surface area contributed by atoms with Gasteiger partial charge in [0.1, 0.15) is 11.5 Å². The lowest BCUT2D eigenvalue weighted by Crippen LogP contribution is -2.30. The van der Waals surface area contributed by atoms with Crippen LogP contribution in [0.5, 0.6) is 11.5 Å². The second-order valence-corrected chi connectivity index (χ2v) is 14.4. The van der Waals surface area contributed by atoms with Crippen LogP contribution in [0.25, 0.3) is 0 Å². The molecule has 218 valence electrons. The summed E-state index contributed by atoms with van der Waals surface area (Å²) in [6.45, 7) is 24.6. The van der Waals surface area contributed by atoms with E-state index in [0.29, 0.717) is 11.5 Å². The van der Waals surface area contributed by atoms with E-state index < -0.39 is 0 Å². The van der Waals surface area contributed by atoms with Crippen molar-refractivity contribution in [2.45, 2.75) is 105 Å². The Bertz CT molecular complexity index is 1180. The molecule has 2 aromatic carbocycles. The number of phenols is 2. The van der Waals surface area contributed by atoms with Crippen LogP contribution in [0.1, 0.15) is 116 Å². The minimum absolute atomic E-state index is 0.0734. The summed E-state index contributed by atoms with van der Waals surface area (Å²) in [5.41, 5.74) is 15.8. The summed E-state index contributed by atoms with van der Waals surface area (Å²) in [6, 6.07) is 7.60. The number of nitrogens with two attached hydrogens (primary N) is 2. The summed E-state index contributed by atoms with van der Waals surface area (Å²) in [7, 11) is 0. The molecule has 8 heteroatoms. The number of phenolic OH excluding ortho intramolecular Hbond substituents is 2. The van der Waals surface area contributed by atoms with Gasteiger partial charge in [-0.25, -0.2) is 0 Å². The Labute approximate surface area is 240 Å². The van der Waals surface area contributed by atoms with Gasteiger partial charge in [0.15, 0.2) is 11.7 Å². The first kappa shape index (κ1) is 32.5. The van der Waals surface area contributed by atoms with E-state index in [-0.39, 0.29) is 33.3 Å². The highest BCUT2D eigenvalue weighted by Gasteiger charge is 2.27. The van der Waals surface area contributed by atoms with E-state index in [1.165, 1.54) is 0 Å². The van der Waals surface area contributed by atoms with Crippen LogP contribution >= 0.6 is 0 Å². The summed E-state index contributed by atoms with van der Waals surface area (Å²) in [6.07, 6.45) is 3.15. The van der Waals surface area contributed by atoms with Gasteiger partial charge in [0.2, 0.25) is 0 Å². The lowest BCUT2D eigenvalue weighted by atomic mass is 9.78. The molecule has 2 rings (SSSR count). The molecule has 0 aliphatic carbocycles. The molecule has 0 spiro atoms. The van der Waals surface area contributed by atoms with Crippen molar-refractivity contribution in [1.82, 2.24) is 0 Å². The number of hydrogen-bond donors (Lipinski definition) is 4. The van der Waals surface area contributed by atoms with E-state index in [4.69, 9.17) is 11.5 Å². The van der Waals surface area contributed by atoms with Gasteiger partial charge in [-0.15, -0.1) is 10.2 Å². The van der Waals surface area contributed by atoms with E-state index >= 15 is 0 Å². The highest BCUT2D eigenvalue weighted by molar-refractivity contribution is 6.39. The van der Waals surface area contributed by atoms with Gasteiger partial charge >= 0.3 is 0 Å². The summed E-state index contributed by atoms with van der Waals surface area (Å²) >= 11 is 0. The molecule has 0 unspecified atom stereocenters. The Morgan fingerprint density at radius 1 is 0.525 bits per heavy atom. The number of rotatable bonds is 4. The Balaban J connectivity index is 2.37. The average molecular weight is 549 g/mol. The molecule has 0 saturated heterocycles. The quantitative estimate of drug-likeness (QED) is 0.200. The van der Waals surface area contributed by atoms with E-state index in [0.717, 1.165) is 33.4 Å². The fourth-order valence-corrected chi connectivity index (χ4v) is 4.17. The van der Waals surface area contributed by atoms with Crippen molar-refractivity contribution in [3.8, 4) is 11.5 Å². The maximum Gasteiger partial charge on any atom is 0.190 e. The molecule has 0 aliphatic heterocycles. The summed E-state index contributed by atoms with van der Waals surface area (Å²) in [4.78, 5) is 0. The predicted octanol–water partition coefficient (Wildman–Crippen LogP) is 6.37. The van der Waals surface area contributed by atoms with Crippen molar-refractivity contribution in [1.29, 1.82) is 0 Å². The van der Waals surface area contributed by atoms with Crippen LogP contribution in [0.15, 0.2) is 44.7 Å². The average Bonchev–Trinajstić information content (AvgIpc) is 2.77. The number of benzene rings is 2. The van der Waals surface area contributed by atoms with Gasteiger partial charge in [0, 0.05) is 22.3 Å². The topological polar surface area (TPSA) is 142 Å². The van der Waals surface area contributed by atoms with Gasteiger partial charge in [-0.05, 0) is 57.1 Å². The number of amidine groups is 2. The first-order chi connectivity index (χ1) is 18.0. The summed E-state index contributed by atoms with van der Waals surface area (Å²) in [5.74, 6) is 0.450. The maximum atomic E-state index is 10.9. The molecule has 0 bridgehead atoms. The third-order valence-electron chi connectivity index (χ3n) is 6.50. The molecule has 0 radical (unpaired) electrons. The summed E-state index contributed by atoms with van der Waals surface area (Å²) < 4.78 is 0. The van der Waals surface area contributed by atoms with Gasteiger partial charge in [0.05, 0.1) is 12.4 Å². The van der Waals surface area contributed by atoms with Gasteiger partial charge < -0.3 is 21.7 Å². The number of nitrogens with zero attached hydrogens (tertiary/aromatic N) is 4. The maximum absolute atomic E-state index is 10.9. The molecule has 0 fully saturated rings. The lowest BCUT2D eigenvalue weighted by molar-refractivity contribution is 0.422. The van der Waals surface area contributed by atoms with Crippen molar-refractivity contribution < 1.29 is 10.2 Å². The molecular formula is C32H48N6O2. The largest absolute Gasteiger partial charge is 0.507 e. The highest BCUT2D eigenvalue weighted by atomic mass is 16.3. The number of hydrogen-bond acceptors (Lipinski definition) is 6. The third kappa shape index (κ3) is 8.16. The van der Waals surface area contributed by atoms with Crippen molar-refractivity contribution >= 4 is 24.1 Å². The van der Waals surface area contributed by atoms with Crippen molar-refractivity contribution in [3.05, 3.63) is 57.6 Å². The first-order valence-corrected chi connectivity index (χ1v) is 13.5.